The molecule has 312 valence electrons. The van der Waals surface area contributed by atoms with E-state index in [4.69, 9.17) is 18.5 Å². The second kappa shape index (κ2) is 36.4. The molecule has 9 nitrogen and oxygen atoms in total. The molecule has 0 aliphatic rings. The lowest BCUT2D eigenvalue weighted by Gasteiger charge is -2.28. The van der Waals surface area contributed by atoms with Crippen LogP contribution in [0.15, 0.2) is 60.8 Å². The summed E-state index contributed by atoms with van der Waals surface area (Å²) < 4.78 is 33.8. The minimum Gasteiger partial charge on any atom is -0.756 e. The van der Waals surface area contributed by atoms with Crippen molar-refractivity contribution in [2.45, 2.75) is 161 Å². The van der Waals surface area contributed by atoms with E-state index in [-0.39, 0.29) is 26.1 Å². The summed E-state index contributed by atoms with van der Waals surface area (Å²) >= 11 is 0. The summed E-state index contributed by atoms with van der Waals surface area (Å²) in [5.74, 6) is -0.901. The summed E-state index contributed by atoms with van der Waals surface area (Å²) in [6.07, 6.45) is 42.4. The first kappa shape index (κ1) is 51.7. The van der Waals surface area contributed by atoms with E-state index in [1.54, 1.807) is 0 Å². The number of allylic oxidation sites excluding steroid dienone is 10. The molecular weight excluding hydrogens is 701 g/mol. The van der Waals surface area contributed by atoms with Gasteiger partial charge in [-0.25, -0.2) is 0 Å². The number of carbonyl (C=O) groups excluding carboxylic acids is 2. The molecule has 0 heterocycles. The first-order chi connectivity index (χ1) is 26.0. The standard InChI is InChI=1S/C44H78NO8P/c1-6-8-10-12-14-16-18-20-22-24-26-28-30-32-34-36-43(46)50-40-42(41-52-54(48,49)51-39-38-45(3,4)5)53-44(47)37-35-33-31-29-27-25-23-21-19-17-15-13-11-9-7-2/h14-17,20-23,26,28,42H,6-13,18-19,24-25,27,29-41H2,1-5H3/b16-14+,17-15+,22-20+,23-21+,28-26+/t42-/m1/s1. The highest BCUT2D eigenvalue weighted by atomic mass is 31.2. The summed E-state index contributed by atoms with van der Waals surface area (Å²) in [6, 6.07) is 0. The molecule has 10 heteroatoms. The molecule has 0 rings (SSSR count). The van der Waals surface area contributed by atoms with E-state index in [1.807, 2.05) is 21.1 Å². The van der Waals surface area contributed by atoms with Crippen LogP contribution in [-0.4, -0.2) is 70.0 Å². The third-order valence-electron chi connectivity index (χ3n) is 8.51. The minimum absolute atomic E-state index is 0.0424. The number of nitrogens with zero attached hydrogens (tertiary/aromatic N) is 1. The first-order valence-electron chi connectivity index (χ1n) is 21.0. The Kier molecular flexibility index (Phi) is 34.8. The molecule has 0 aliphatic carbocycles. The number of phosphoric ester groups is 1. The van der Waals surface area contributed by atoms with Gasteiger partial charge < -0.3 is 27.9 Å². The van der Waals surface area contributed by atoms with Crippen molar-refractivity contribution in [1.82, 2.24) is 0 Å². The van der Waals surface area contributed by atoms with Gasteiger partial charge >= 0.3 is 11.9 Å². The topological polar surface area (TPSA) is 111 Å². The molecule has 0 spiro atoms. The monoisotopic (exact) mass is 780 g/mol. The van der Waals surface area contributed by atoms with Crippen molar-refractivity contribution in [3.05, 3.63) is 60.8 Å². The maximum absolute atomic E-state index is 12.6. The van der Waals surface area contributed by atoms with Crippen LogP contribution in [-0.2, 0) is 32.7 Å². The average Bonchev–Trinajstić information content (AvgIpc) is 3.12. The lowest BCUT2D eigenvalue weighted by Crippen LogP contribution is -2.37. The summed E-state index contributed by atoms with van der Waals surface area (Å²) in [5, 5.41) is 0. The van der Waals surface area contributed by atoms with Crippen LogP contribution >= 0.6 is 7.82 Å². The van der Waals surface area contributed by atoms with Gasteiger partial charge in [0.05, 0.1) is 27.7 Å². The van der Waals surface area contributed by atoms with Crippen molar-refractivity contribution in [2.75, 3.05) is 47.5 Å². The Bertz CT molecular complexity index is 1110. The zero-order valence-corrected chi connectivity index (χ0v) is 35.8. The normalized spacial score (nSPS) is 14.3. The number of likely N-dealkylation sites (N-methyl/N-ethyl adjacent to an activating group) is 1. The maximum Gasteiger partial charge on any atom is 0.306 e. The predicted octanol–water partition coefficient (Wildman–Crippen LogP) is 11.1. The van der Waals surface area contributed by atoms with E-state index in [9.17, 15) is 19.0 Å². The van der Waals surface area contributed by atoms with Crippen LogP contribution < -0.4 is 4.89 Å². The highest BCUT2D eigenvalue weighted by molar-refractivity contribution is 7.45. The Balaban J connectivity index is 4.50. The Morgan fingerprint density at radius 3 is 1.52 bits per heavy atom. The molecule has 54 heavy (non-hydrogen) atoms. The van der Waals surface area contributed by atoms with Gasteiger partial charge in [0.15, 0.2) is 6.10 Å². The van der Waals surface area contributed by atoms with Gasteiger partial charge in [0.2, 0.25) is 0 Å². The van der Waals surface area contributed by atoms with Gasteiger partial charge in [-0.05, 0) is 83.5 Å². The Morgan fingerprint density at radius 1 is 0.574 bits per heavy atom. The van der Waals surface area contributed by atoms with Gasteiger partial charge in [-0.2, -0.15) is 0 Å². The molecule has 0 radical (unpaired) electrons. The first-order valence-corrected chi connectivity index (χ1v) is 22.5. The van der Waals surface area contributed by atoms with Crippen LogP contribution in [0.3, 0.4) is 0 Å². The molecule has 2 atom stereocenters. The summed E-state index contributed by atoms with van der Waals surface area (Å²) in [4.78, 5) is 37.4. The fourth-order valence-electron chi connectivity index (χ4n) is 5.16. The van der Waals surface area contributed by atoms with Gasteiger partial charge in [0.25, 0.3) is 7.82 Å². The molecule has 0 amide bonds. The largest absolute Gasteiger partial charge is 0.756 e. The maximum atomic E-state index is 12.6. The predicted molar refractivity (Wildman–Crippen MR) is 222 cm³/mol. The number of rotatable bonds is 37. The van der Waals surface area contributed by atoms with E-state index in [1.165, 1.54) is 44.9 Å². The van der Waals surface area contributed by atoms with Crippen LogP contribution in [0.5, 0.6) is 0 Å². The van der Waals surface area contributed by atoms with Crippen molar-refractivity contribution in [2.24, 2.45) is 0 Å². The molecule has 0 saturated carbocycles. The van der Waals surface area contributed by atoms with Crippen molar-refractivity contribution < 1.29 is 42.1 Å². The number of hydrogen-bond acceptors (Lipinski definition) is 8. The average molecular weight is 780 g/mol. The molecule has 1 unspecified atom stereocenters. The van der Waals surface area contributed by atoms with Crippen LogP contribution in [0.1, 0.15) is 155 Å². The molecule has 0 aliphatic heterocycles. The number of quaternary nitrogens is 1. The molecule has 0 aromatic heterocycles. The molecule has 0 fully saturated rings. The number of unbranched alkanes of at least 4 members (excludes halogenated alkanes) is 13. The fourth-order valence-corrected chi connectivity index (χ4v) is 5.89. The third kappa shape index (κ3) is 39.4. The minimum atomic E-state index is -4.64. The van der Waals surface area contributed by atoms with Gasteiger partial charge in [-0.3, -0.25) is 14.2 Å². The second-order valence-electron chi connectivity index (χ2n) is 15.0. The Morgan fingerprint density at radius 2 is 1.00 bits per heavy atom. The quantitative estimate of drug-likeness (QED) is 0.0201. The van der Waals surface area contributed by atoms with Gasteiger partial charge in [-0.15, -0.1) is 0 Å². The number of ether oxygens (including phenoxy) is 2. The van der Waals surface area contributed by atoms with E-state index in [0.29, 0.717) is 23.9 Å². The van der Waals surface area contributed by atoms with Crippen LogP contribution in [0.25, 0.3) is 0 Å². The number of hydrogen-bond donors (Lipinski definition) is 0. The van der Waals surface area contributed by atoms with E-state index >= 15 is 0 Å². The van der Waals surface area contributed by atoms with Crippen LogP contribution in [0, 0.1) is 0 Å². The number of esters is 2. The lowest BCUT2D eigenvalue weighted by atomic mass is 10.1. The van der Waals surface area contributed by atoms with Crippen LogP contribution in [0.2, 0.25) is 0 Å². The molecular formula is C44H78NO8P. The lowest BCUT2D eigenvalue weighted by molar-refractivity contribution is -0.870. The van der Waals surface area contributed by atoms with E-state index < -0.39 is 32.5 Å². The Hall–Kier alpha value is -2.29. The summed E-state index contributed by atoms with van der Waals surface area (Å²) in [5.41, 5.74) is 0. The third-order valence-corrected chi connectivity index (χ3v) is 9.47. The van der Waals surface area contributed by atoms with Gasteiger partial charge in [0.1, 0.15) is 19.8 Å². The zero-order chi connectivity index (χ0) is 40.0. The van der Waals surface area contributed by atoms with Crippen molar-refractivity contribution in [1.29, 1.82) is 0 Å². The smallest absolute Gasteiger partial charge is 0.306 e. The fraction of sp³-hybridized carbons (Fsp3) is 0.727. The van der Waals surface area contributed by atoms with Gasteiger partial charge in [-0.1, -0.05) is 120 Å². The van der Waals surface area contributed by atoms with Gasteiger partial charge in [0, 0.05) is 12.8 Å². The highest BCUT2D eigenvalue weighted by Crippen LogP contribution is 2.38. The number of carbonyl (C=O) groups is 2. The van der Waals surface area contributed by atoms with Crippen molar-refractivity contribution in [3.8, 4) is 0 Å². The zero-order valence-electron chi connectivity index (χ0n) is 34.9. The van der Waals surface area contributed by atoms with E-state index in [0.717, 1.165) is 70.6 Å². The second-order valence-corrected chi connectivity index (χ2v) is 16.4. The SMILES string of the molecule is CCCCC/C=C/C/C=C/C/C=C/CCCCC(=O)OC[C@H](COP(=O)([O-])OCC[N+](C)(C)C)OC(=O)CCCCCCC/C=C/C/C=C/CCCCC. The highest BCUT2D eigenvalue weighted by Gasteiger charge is 2.21. The van der Waals surface area contributed by atoms with Crippen LogP contribution in [0.4, 0.5) is 0 Å². The molecule has 0 aromatic rings. The number of phosphoric acid groups is 1. The summed E-state index contributed by atoms with van der Waals surface area (Å²) in [7, 11) is 1.12. The summed E-state index contributed by atoms with van der Waals surface area (Å²) in [6.45, 7) is 4.09. The molecule has 0 saturated heterocycles. The Labute approximate surface area is 330 Å². The van der Waals surface area contributed by atoms with Crippen molar-refractivity contribution >= 4 is 19.8 Å². The molecule has 0 N–H and O–H groups in total. The van der Waals surface area contributed by atoms with Crippen molar-refractivity contribution in [3.63, 3.8) is 0 Å². The van der Waals surface area contributed by atoms with E-state index in [2.05, 4.69) is 74.6 Å². The molecule has 0 aromatic carbocycles. The molecule has 0 bridgehead atoms.